The van der Waals surface area contributed by atoms with E-state index in [1.807, 2.05) is 36.4 Å². The van der Waals surface area contributed by atoms with Gasteiger partial charge in [0, 0.05) is 11.4 Å². The minimum absolute atomic E-state index is 0.215. The summed E-state index contributed by atoms with van der Waals surface area (Å²) in [6, 6.07) is 7.56. The van der Waals surface area contributed by atoms with E-state index in [1.165, 1.54) is 0 Å². The quantitative estimate of drug-likeness (QED) is 0.776. The van der Waals surface area contributed by atoms with Crippen molar-refractivity contribution in [1.82, 2.24) is 0 Å². The van der Waals surface area contributed by atoms with E-state index in [4.69, 9.17) is 16.7 Å². The van der Waals surface area contributed by atoms with Crippen LogP contribution >= 0.6 is 11.6 Å². The molecule has 0 bridgehead atoms. The SMILES string of the molecule is O=C(O)CCC/C=C/c1ccccc1Cl. The summed E-state index contributed by atoms with van der Waals surface area (Å²) in [6.45, 7) is 0. The summed E-state index contributed by atoms with van der Waals surface area (Å²) in [5.74, 6) is -0.749. The van der Waals surface area contributed by atoms with Gasteiger partial charge in [0.25, 0.3) is 0 Å². The molecular formula is C12H13ClO2. The Hall–Kier alpha value is -1.28. The maximum absolute atomic E-state index is 10.2. The average molecular weight is 225 g/mol. The average Bonchev–Trinajstić information content (AvgIpc) is 2.20. The highest BCUT2D eigenvalue weighted by Gasteiger charge is 1.95. The van der Waals surface area contributed by atoms with Crippen LogP contribution in [0.2, 0.25) is 5.02 Å². The monoisotopic (exact) mass is 224 g/mol. The summed E-state index contributed by atoms with van der Waals surface area (Å²) < 4.78 is 0. The second-order valence-corrected chi connectivity index (χ2v) is 3.62. The van der Waals surface area contributed by atoms with Gasteiger partial charge in [-0.3, -0.25) is 4.79 Å². The van der Waals surface area contributed by atoms with E-state index in [9.17, 15) is 4.79 Å². The zero-order valence-corrected chi connectivity index (χ0v) is 9.07. The Morgan fingerprint density at radius 1 is 1.40 bits per heavy atom. The molecule has 0 saturated carbocycles. The molecule has 0 saturated heterocycles. The third kappa shape index (κ3) is 4.66. The lowest BCUT2D eigenvalue weighted by atomic mass is 10.1. The van der Waals surface area contributed by atoms with Crippen LogP contribution in [0.1, 0.15) is 24.8 Å². The number of allylic oxidation sites excluding steroid dienone is 1. The smallest absolute Gasteiger partial charge is 0.303 e. The lowest BCUT2D eigenvalue weighted by Crippen LogP contribution is -1.92. The normalized spacial score (nSPS) is 10.7. The standard InChI is InChI=1S/C12H13ClO2/c13-11-8-5-4-7-10(11)6-2-1-3-9-12(14)15/h2,4-8H,1,3,9H2,(H,14,15)/b6-2+. The number of rotatable bonds is 5. The van der Waals surface area contributed by atoms with Crippen LogP contribution in [0.3, 0.4) is 0 Å². The third-order valence-corrected chi connectivity index (χ3v) is 2.31. The van der Waals surface area contributed by atoms with Crippen molar-refractivity contribution in [2.75, 3.05) is 0 Å². The van der Waals surface area contributed by atoms with Crippen molar-refractivity contribution in [3.05, 3.63) is 40.9 Å². The Morgan fingerprint density at radius 2 is 2.13 bits per heavy atom. The molecule has 0 fully saturated rings. The molecule has 0 radical (unpaired) electrons. The van der Waals surface area contributed by atoms with E-state index in [1.54, 1.807) is 0 Å². The van der Waals surface area contributed by atoms with Crippen LogP contribution in [-0.4, -0.2) is 11.1 Å². The topological polar surface area (TPSA) is 37.3 Å². The van der Waals surface area contributed by atoms with E-state index in [2.05, 4.69) is 0 Å². The van der Waals surface area contributed by atoms with Gasteiger partial charge < -0.3 is 5.11 Å². The Balaban J connectivity index is 2.38. The molecule has 0 aromatic heterocycles. The van der Waals surface area contributed by atoms with Crippen molar-refractivity contribution in [2.45, 2.75) is 19.3 Å². The molecule has 1 aromatic carbocycles. The van der Waals surface area contributed by atoms with Gasteiger partial charge in [0.05, 0.1) is 0 Å². The van der Waals surface area contributed by atoms with Crippen LogP contribution in [-0.2, 0) is 4.79 Å². The zero-order valence-electron chi connectivity index (χ0n) is 8.32. The summed E-state index contributed by atoms with van der Waals surface area (Å²) in [5, 5.41) is 9.14. The first-order valence-corrected chi connectivity index (χ1v) is 5.21. The molecule has 2 nitrogen and oxygen atoms in total. The number of aliphatic carboxylic acids is 1. The predicted molar refractivity (Wildman–Crippen MR) is 62.0 cm³/mol. The fourth-order valence-corrected chi connectivity index (χ4v) is 1.39. The Labute approximate surface area is 94.2 Å². The van der Waals surface area contributed by atoms with Crippen LogP contribution in [0.25, 0.3) is 6.08 Å². The van der Waals surface area contributed by atoms with Gasteiger partial charge in [-0.25, -0.2) is 0 Å². The number of carbonyl (C=O) groups is 1. The molecule has 3 heteroatoms. The molecule has 0 aliphatic heterocycles. The van der Waals surface area contributed by atoms with E-state index in [-0.39, 0.29) is 6.42 Å². The molecule has 0 aliphatic rings. The highest BCUT2D eigenvalue weighted by Crippen LogP contribution is 2.16. The Morgan fingerprint density at radius 3 is 2.80 bits per heavy atom. The lowest BCUT2D eigenvalue weighted by Gasteiger charge is -1.96. The van der Waals surface area contributed by atoms with Crippen molar-refractivity contribution >= 4 is 23.6 Å². The van der Waals surface area contributed by atoms with Crippen molar-refractivity contribution in [2.24, 2.45) is 0 Å². The first-order valence-electron chi connectivity index (χ1n) is 4.83. The summed E-state index contributed by atoms with van der Waals surface area (Å²) in [7, 11) is 0. The molecule has 0 amide bonds. The van der Waals surface area contributed by atoms with E-state index >= 15 is 0 Å². The first kappa shape index (κ1) is 11.8. The van der Waals surface area contributed by atoms with Gasteiger partial charge in [0.2, 0.25) is 0 Å². The van der Waals surface area contributed by atoms with Crippen molar-refractivity contribution in [1.29, 1.82) is 0 Å². The number of carboxylic acid groups (broad SMARTS) is 1. The molecule has 1 N–H and O–H groups in total. The van der Waals surface area contributed by atoms with Crippen LogP contribution in [0.15, 0.2) is 30.3 Å². The zero-order chi connectivity index (χ0) is 11.1. The third-order valence-electron chi connectivity index (χ3n) is 1.96. The molecular weight excluding hydrogens is 212 g/mol. The summed E-state index contributed by atoms with van der Waals surface area (Å²) in [4.78, 5) is 10.2. The summed E-state index contributed by atoms with van der Waals surface area (Å²) in [5.41, 5.74) is 0.967. The molecule has 80 valence electrons. The van der Waals surface area contributed by atoms with Crippen LogP contribution in [0, 0.1) is 0 Å². The fraction of sp³-hybridized carbons (Fsp3) is 0.250. The van der Waals surface area contributed by atoms with Crippen LogP contribution in [0.5, 0.6) is 0 Å². The van der Waals surface area contributed by atoms with Crippen LogP contribution < -0.4 is 0 Å². The highest BCUT2D eigenvalue weighted by molar-refractivity contribution is 6.32. The number of hydrogen-bond acceptors (Lipinski definition) is 1. The maximum atomic E-state index is 10.2. The Kier molecular flexibility index (Phi) is 4.91. The molecule has 0 aliphatic carbocycles. The second-order valence-electron chi connectivity index (χ2n) is 3.21. The number of halogens is 1. The molecule has 1 rings (SSSR count). The molecule has 15 heavy (non-hydrogen) atoms. The number of carboxylic acids is 1. The van der Waals surface area contributed by atoms with Crippen molar-refractivity contribution in [3.8, 4) is 0 Å². The molecule has 0 unspecified atom stereocenters. The second kappa shape index (κ2) is 6.25. The number of unbranched alkanes of at least 4 members (excludes halogenated alkanes) is 1. The molecule has 1 aromatic rings. The van der Waals surface area contributed by atoms with Crippen molar-refractivity contribution < 1.29 is 9.90 Å². The Bertz CT molecular complexity index is 358. The fourth-order valence-electron chi connectivity index (χ4n) is 1.19. The van der Waals surface area contributed by atoms with Gasteiger partial charge in [0.1, 0.15) is 0 Å². The lowest BCUT2D eigenvalue weighted by molar-refractivity contribution is -0.137. The maximum Gasteiger partial charge on any atom is 0.303 e. The highest BCUT2D eigenvalue weighted by atomic mass is 35.5. The predicted octanol–water partition coefficient (Wildman–Crippen LogP) is 3.61. The minimum Gasteiger partial charge on any atom is -0.481 e. The first-order chi connectivity index (χ1) is 7.20. The number of benzene rings is 1. The largest absolute Gasteiger partial charge is 0.481 e. The van der Waals surface area contributed by atoms with E-state index in [0.717, 1.165) is 12.0 Å². The van der Waals surface area contributed by atoms with E-state index < -0.39 is 5.97 Å². The van der Waals surface area contributed by atoms with Crippen LogP contribution in [0.4, 0.5) is 0 Å². The van der Waals surface area contributed by atoms with Gasteiger partial charge in [-0.15, -0.1) is 0 Å². The number of hydrogen-bond donors (Lipinski definition) is 1. The van der Waals surface area contributed by atoms with Crippen molar-refractivity contribution in [3.63, 3.8) is 0 Å². The summed E-state index contributed by atoms with van der Waals surface area (Å²) in [6.07, 6.45) is 5.51. The molecule has 0 spiro atoms. The van der Waals surface area contributed by atoms with Gasteiger partial charge in [0.15, 0.2) is 0 Å². The molecule has 0 heterocycles. The van der Waals surface area contributed by atoms with Gasteiger partial charge in [-0.05, 0) is 24.5 Å². The minimum atomic E-state index is -0.749. The van der Waals surface area contributed by atoms with E-state index in [0.29, 0.717) is 11.4 Å². The molecule has 0 atom stereocenters. The summed E-state index contributed by atoms with van der Waals surface area (Å²) >= 11 is 5.94. The van der Waals surface area contributed by atoms with Gasteiger partial charge in [-0.1, -0.05) is 42.0 Å². The van der Waals surface area contributed by atoms with Gasteiger partial charge in [-0.2, -0.15) is 0 Å². The van der Waals surface area contributed by atoms with Gasteiger partial charge >= 0.3 is 5.97 Å².